The van der Waals surface area contributed by atoms with E-state index in [2.05, 4.69) is 241 Å². The highest BCUT2D eigenvalue weighted by Crippen LogP contribution is 2.50. The van der Waals surface area contributed by atoms with Crippen molar-refractivity contribution < 1.29 is 0 Å². The Labute approximate surface area is 364 Å². The average molecular weight is 1080 g/mol. The average Bonchev–Trinajstić information content (AvgIpc) is 3.72. The van der Waals surface area contributed by atoms with E-state index in [1.54, 1.807) is 0 Å². The summed E-state index contributed by atoms with van der Waals surface area (Å²) in [5.74, 6) is 0. The van der Waals surface area contributed by atoms with Crippen LogP contribution in [0.1, 0.15) is 50.1 Å². The normalized spacial score (nSPS) is 12.9. The van der Waals surface area contributed by atoms with Crippen LogP contribution < -0.4 is 0 Å². The minimum absolute atomic E-state index is 1.06. The van der Waals surface area contributed by atoms with Crippen molar-refractivity contribution in [3.8, 4) is 33.4 Å². The van der Waals surface area contributed by atoms with Gasteiger partial charge in [-0.05, 0) is 209 Å². The zero-order valence-electron chi connectivity index (χ0n) is 28.1. The maximum Gasteiger partial charge on any atom is 0.0181 e. The van der Waals surface area contributed by atoms with Gasteiger partial charge in [0.05, 0.1) is 0 Å². The van der Waals surface area contributed by atoms with Crippen molar-refractivity contribution in [2.45, 2.75) is 0 Å². The van der Waals surface area contributed by atoms with E-state index in [0.29, 0.717) is 0 Å². The summed E-state index contributed by atoms with van der Waals surface area (Å²) in [4.78, 5) is 0. The molecule has 0 heterocycles. The number of hydrogen-bond donors (Lipinski definition) is 0. The fourth-order valence-corrected chi connectivity index (χ4v) is 10.4. The van der Waals surface area contributed by atoms with Gasteiger partial charge in [-0.2, -0.15) is 0 Å². The molecule has 258 valence electrons. The Morgan fingerprint density at radius 2 is 0.407 bits per heavy atom. The third-order valence-electron chi connectivity index (χ3n) is 10.4. The molecule has 0 bridgehead atoms. The molecule has 3 aliphatic carbocycles. The Kier molecular flexibility index (Phi) is 8.89. The van der Waals surface area contributed by atoms with Crippen LogP contribution in [-0.2, 0) is 0 Å². The molecule has 0 spiro atoms. The molecule has 0 fully saturated rings. The second kappa shape index (κ2) is 13.7. The Hall–Kier alpha value is -3.36. The quantitative estimate of drug-likeness (QED) is 0.165. The van der Waals surface area contributed by atoms with Crippen molar-refractivity contribution in [1.29, 1.82) is 0 Å². The first kappa shape index (κ1) is 35.1. The van der Waals surface area contributed by atoms with E-state index in [4.69, 9.17) is 0 Å². The molecule has 7 aromatic carbocycles. The van der Waals surface area contributed by atoms with Gasteiger partial charge in [0.15, 0.2) is 0 Å². The molecule has 54 heavy (non-hydrogen) atoms. The molecule has 0 aliphatic heterocycles. The van der Waals surface area contributed by atoms with E-state index in [9.17, 15) is 0 Å². The Morgan fingerprint density at radius 3 is 0.593 bits per heavy atom. The van der Waals surface area contributed by atoms with E-state index in [-0.39, 0.29) is 0 Å². The van der Waals surface area contributed by atoms with Crippen molar-refractivity contribution in [1.82, 2.24) is 0 Å². The van der Waals surface area contributed by atoms with Gasteiger partial charge in [-0.25, -0.2) is 0 Å². The summed E-state index contributed by atoms with van der Waals surface area (Å²) in [6, 6.07) is 46.6. The van der Waals surface area contributed by atoms with E-state index >= 15 is 0 Å². The number of fused-ring (bicyclic) bond motifs is 9. The summed E-state index contributed by atoms with van der Waals surface area (Å²) in [5, 5.41) is 0. The van der Waals surface area contributed by atoms with Gasteiger partial charge in [0.25, 0.3) is 0 Å². The minimum atomic E-state index is 1.06. The summed E-state index contributed by atoms with van der Waals surface area (Å²) in [5.41, 5.74) is 21.9. The summed E-state index contributed by atoms with van der Waals surface area (Å²) in [7, 11) is 0. The van der Waals surface area contributed by atoms with Crippen LogP contribution in [0.3, 0.4) is 0 Å². The molecule has 0 radical (unpaired) electrons. The molecular formula is C48H24Br6. The zero-order chi connectivity index (χ0) is 36.8. The predicted molar refractivity (Wildman–Crippen MR) is 249 cm³/mol. The Bertz CT molecular complexity index is 2410. The van der Waals surface area contributed by atoms with E-state index in [1.165, 1.54) is 83.5 Å². The van der Waals surface area contributed by atoms with Crippen LogP contribution in [0.5, 0.6) is 0 Å². The lowest BCUT2D eigenvalue weighted by Gasteiger charge is -2.10. The Morgan fingerprint density at radius 1 is 0.222 bits per heavy atom. The molecule has 3 aliphatic rings. The van der Waals surface area contributed by atoms with Gasteiger partial charge >= 0.3 is 0 Å². The third-order valence-corrected chi connectivity index (χ3v) is 13.4. The second-order valence-electron chi connectivity index (χ2n) is 13.7. The zero-order valence-corrected chi connectivity index (χ0v) is 37.6. The maximum absolute atomic E-state index is 3.77. The van der Waals surface area contributed by atoms with Gasteiger partial charge in [-0.1, -0.05) is 132 Å². The van der Waals surface area contributed by atoms with Crippen molar-refractivity contribution in [2.24, 2.45) is 0 Å². The molecular weight excluding hydrogens is 1060 g/mol. The van der Waals surface area contributed by atoms with Crippen molar-refractivity contribution in [3.63, 3.8) is 0 Å². The predicted octanol–water partition coefficient (Wildman–Crippen LogP) is 17.0. The van der Waals surface area contributed by atoms with Gasteiger partial charge in [0.2, 0.25) is 0 Å². The van der Waals surface area contributed by atoms with E-state index in [1.807, 2.05) is 0 Å². The topological polar surface area (TPSA) is 0 Å². The third kappa shape index (κ3) is 6.09. The maximum atomic E-state index is 3.77. The summed E-state index contributed by atoms with van der Waals surface area (Å²) in [6.45, 7) is 0. The second-order valence-corrected chi connectivity index (χ2v) is 19.2. The van der Waals surface area contributed by atoms with Gasteiger partial charge in [0.1, 0.15) is 0 Å². The molecule has 0 amide bonds. The highest BCUT2D eigenvalue weighted by molar-refractivity contribution is 9.11. The van der Waals surface area contributed by atoms with Crippen molar-refractivity contribution in [3.05, 3.63) is 204 Å². The van der Waals surface area contributed by atoms with Crippen LogP contribution in [0.25, 0.3) is 68.3 Å². The standard InChI is InChI=1S/C48H24Br6/c49-28-1-7-34-35-8-2-29(50)20-44(35)40(43(34)19-28)16-25-13-26(17-41-45-21-30(51)3-9-36(45)37-10-4-31(52)22-46(37)41)15-27(14-25)18-42-47-23-32(53)5-11-38(47)39-12-6-33(54)24-48(39)42/h1-24H. The van der Waals surface area contributed by atoms with Crippen LogP contribution in [0, 0.1) is 0 Å². The number of halogens is 6. The highest BCUT2D eigenvalue weighted by Gasteiger charge is 2.27. The van der Waals surface area contributed by atoms with E-state index in [0.717, 1.165) is 43.5 Å². The van der Waals surface area contributed by atoms with Crippen molar-refractivity contribution >= 4 is 131 Å². The fourth-order valence-electron chi connectivity index (χ4n) is 8.20. The molecule has 0 N–H and O–H groups in total. The first-order chi connectivity index (χ1) is 26.2. The monoisotopic (exact) mass is 1070 g/mol. The number of hydrogen-bond acceptors (Lipinski definition) is 0. The summed E-state index contributed by atoms with van der Waals surface area (Å²) >= 11 is 22.6. The lowest BCUT2D eigenvalue weighted by molar-refractivity contribution is 1.56. The summed E-state index contributed by atoms with van der Waals surface area (Å²) < 4.78 is 6.39. The van der Waals surface area contributed by atoms with Crippen LogP contribution >= 0.6 is 95.6 Å². The van der Waals surface area contributed by atoms with E-state index < -0.39 is 0 Å². The largest absolute Gasteiger partial charge is 0.0526 e. The highest BCUT2D eigenvalue weighted by atomic mass is 79.9. The van der Waals surface area contributed by atoms with Gasteiger partial charge in [0, 0.05) is 26.8 Å². The molecule has 0 saturated heterocycles. The fraction of sp³-hybridized carbons (Fsp3) is 0. The molecule has 6 heteroatoms. The first-order valence-electron chi connectivity index (χ1n) is 17.3. The first-order valence-corrected chi connectivity index (χ1v) is 22.0. The smallest absolute Gasteiger partial charge is 0.0181 e. The van der Waals surface area contributed by atoms with Crippen LogP contribution in [0.15, 0.2) is 154 Å². The SMILES string of the molecule is Brc1ccc2c(c1)C(=Cc1cc(C=C3c4cc(Br)ccc4-c4ccc(Br)cc43)cc(C=C3c4cc(Br)ccc4-c4ccc(Br)cc43)c1)c1cc(Br)ccc1-2. The number of rotatable bonds is 3. The molecule has 0 aromatic heterocycles. The van der Waals surface area contributed by atoms with Crippen LogP contribution in [0.4, 0.5) is 0 Å². The van der Waals surface area contributed by atoms with Crippen LogP contribution in [0.2, 0.25) is 0 Å². The van der Waals surface area contributed by atoms with Gasteiger partial charge < -0.3 is 0 Å². The molecule has 10 rings (SSSR count). The summed E-state index contributed by atoms with van der Waals surface area (Å²) in [6.07, 6.45) is 7.09. The lowest BCUT2D eigenvalue weighted by atomic mass is 9.94. The molecule has 0 saturated carbocycles. The lowest BCUT2D eigenvalue weighted by Crippen LogP contribution is -1.89. The van der Waals surface area contributed by atoms with Gasteiger partial charge in [-0.3, -0.25) is 0 Å². The van der Waals surface area contributed by atoms with Gasteiger partial charge in [-0.15, -0.1) is 0 Å². The molecule has 7 aromatic rings. The van der Waals surface area contributed by atoms with Crippen molar-refractivity contribution in [2.75, 3.05) is 0 Å². The van der Waals surface area contributed by atoms with Crippen LogP contribution in [-0.4, -0.2) is 0 Å². The Balaban J connectivity index is 1.23. The molecule has 0 nitrogen and oxygen atoms in total. The number of benzene rings is 7. The minimum Gasteiger partial charge on any atom is -0.0526 e. The molecule has 0 atom stereocenters. The molecule has 0 unspecified atom stereocenters.